The maximum Gasteiger partial charge on any atom is 0.233 e. The van der Waals surface area contributed by atoms with Crippen molar-refractivity contribution in [1.29, 1.82) is 0 Å². The van der Waals surface area contributed by atoms with Crippen LogP contribution >= 0.6 is 23.4 Å². The summed E-state index contributed by atoms with van der Waals surface area (Å²) in [4.78, 5) is 22.6. The Kier molecular flexibility index (Phi) is 5.40. The third kappa shape index (κ3) is 4.27. The van der Waals surface area contributed by atoms with Gasteiger partial charge in [-0.05, 0) is 37.5 Å². The van der Waals surface area contributed by atoms with Gasteiger partial charge in [0, 0.05) is 17.1 Å². The first-order valence-corrected chi connectivity index (χ1v) is 12.4. The molecular weight excluding hydrogens is 406 g/mol. The molecule has 0 spiro atoms. The predicted molar refractivity (Wildman–Crippen MR) is 108 cm³/mol. The molecule has 1 saturated heterocycles. The van der Waals surface area contributed by atoms with Crippen molar-refractivity contribution in [2.75, 3.05) is 17.3 Å². The van der Waals surface area contributed by atoms with E-state index in [1.54, 1.807) is 6.07 Å². The molecule has 2 heterocycles. The number of fused-ring (bicyclic) bond motifs is 1. The molecule has 2 aromatic rings. The highest BCUT2D eigenvalue weighted by Crippen LogP contribution is 2.30. The van der Waals surface area contributed by atoms with Crippen LogP contribution in [0.3, 0.4) is 0 Å². The molecule has 0 radical (unpaired) electrons. The van der Waals surface area contributed by atoms with E-state index in [2.05, 4.69) is 9.97 Å². The standard InChI is InChI=1S/C18H22ClN3O3S2/c19-12-5-6-15-16(9-12)21-18(20-15)26-10-17(23)22(13-3-1-2-4-13)14-7-8-27(24,25)11-14/h5-6,9,13-14H,1-4,7-8,10-11H2,(H,20,21). The number of sulfone groups is 1. The van der Waals surface area contributed by atoms with Crippen LogP contribution in [0.5, 0.6) is 0 Å². The molecule has 1 aromatic heterocycles. The van der Waals surface area contributed by atoms with Gasteiger partial charge in [-0.1, -0.05) is 36.2 Å². The van der Waals surface area contributed by atoms with E-state index in [1.807, 2.05) is 17.0 Å². The van der Waals surface area contributed by atoms with Gasteiger partial charge < -0.3 is 9.88 Å². The number of benzene rings is 1. The summed E-state index contributed by atoms with van der Waals surface area (Å²) in [6.07, 6.45) is 4.70. The fourth-order valence-electron chi connectivity index (χ4n) is 4.11. The van der Waals surface area contributed by atoms with Crippen LogP contribution in [0.1, 0.15) is 32.1 Å². The van der Waals surface area contributed by atoms with Crippen molar-refractivity contribution < 1.29 is 13.2 Å². The van der Waals surface area contributed by atoms with E-state index < -0.39 is 9.84 Å². The molecule has 1 aliphatic carbocycles. The average molecular weight is 428 g/mol. The first-order valence-electron chi connectivity index (χ1n) is 9.21. The highest BCUT2D eigenvalue weighted by atomic mass is 35.5. The number of rotatable bonds is 5. The number of H-pyrrole nitrogens is 1. The van der Waals surface area contributed by atoms with Crippen LogP contribution in [0.15, 0.2) is 23.4 Å². The number of carbonyl (C=O) groups is 1. The van der Waals surface area contributed by atoms with Crippen LogP contribution in [-0.2, 0) is 14.6 Å². The van der Waals surface area contributed by atoms with Gasteiger partial charge in [0.05, 0.1) is 28.3 Å². The van der Waals surface area contributed by atoms with Crippen molar-refractivity contribution >= 4 is 50.1 Å². The molecule has 4 rings (SSSR count). The zero-order chi connectivity index (χ0) is 19.0. The zero-order valence-corrected chi connectivity index (χ0v) is 17.2. The molecule has 6 nitrogen and oxygen atoms in total. The number of hydrogen-bond acceptors (Lipinski definition) is 5. The van der Waals surface area contributed by atoms with Gasteiger partial charge in [-0.3, -0.25) is 4.79 Å². The Morgan fingerprint density at radius 2 is 2.04 bits per heavy atom. The summed E-state index contributed by atoms with van der Waals surface area (Å²) in [5.74, 6) is 0.544. The molecule has 1 N–H and O–H groups in total. The van der Waals surface area contributed by atoms with Gasteiger partial charge in [0.25, 0.3) is 0 Å². The first kappa shape index (κ1) is 19.1. The third-order valence-electron chi connectivity index (χ3n) is 5.36. The molecule has 1 atom stereocenters. The quantitative estimate of drug-likeness (QED) is 0.740. The van der Waals surface area contributed by atoms with E-state index in [9.17, 15) is 13.2 Å². The summed E-state index contributed by atoms with van der Waals surface area (Å²) in [6.45, 7) is 0. The van der Waals surface area contributed by atoms with Crippen LogP contribution in [0.25, 0.3) is 11.0 Å². The van der Waals surface area contributed by atoms with E-state index in [0.717, 1.165) is 36.7 Å². The number of nitrogens with zero attached hydrogens (tertiary/aromatic N) is 2. The summed E-state index contributed by atoms with van der Waals surface area (Å²) >= 11 is 7.36. The molecule has 1 aliphatic heterocycles. The molecule has 1 aromatic carbocycles. The molecule has 2 aliphatic rings. The van der Waals surface area contributed by atoms with Crippen LogP contribution < -0.4 is 0 Å². The lowest BCUT2D eigenvalue weighted by Gasteiger charge is -2.34. The van der Waals surface area contributed by atoms with Gasteiger partial charge in [-0.25, -0.2) is 13.4 Å². The minimum absolute atomic E-state index is 0.00693. The number of nitrogens with one attached hydrogen (secondary N) is 1. The lowest BCUT2D eigenvalue weighted by atomic mass is 10.1. The second-order valence-corrected chi connectivity index (χ2v) is 10.9. The Hall–Kier alpha value is -1.25. The number of amides is 1. The maximum atomic E-state index is 13.0. The largest absolute Gasteiger partial charge is 0.335 e. The summed E-state index contributed by atoms with van der Waals surface area (Å²) < 4.78 is 23.8. The second-order valence-electron chi connectivity index (χ2n) is 7.29. The second kappa shape index (κ2) is 7.64. The Balaban J connectivity index is 1.47. The van der Waals surface area contributed by atoms with E-state index >= 15 is 0 Å². The van der Waals surface area contributed by atoms with E-state index in [-0.39, 0.29) is 35.2 Å². The molecule has 2 fully saturated rings. The van der Waals surface area contributed by atoms with Crippen molar-refractivity contribution in [2.24, 2.45) is 0 Å². The normalized spacial score (nSPS) is 22.5. The molecule has 146 valence electrons. The molecule has 9 heteroatoms. The lowest BCUT2D eigenvalue weighted by molar-refractivity contribution is -0.132. The van der Waals surface area contributed by atoms with Gasteiger partial charge in [0.1, 0.15) is 0 Å². The fraction of sp³-hybridized carbons (Fsp3) is 0.556. The number of aromatic amines is 1. The third-order valence-corrected chi connectivity index (χ3v) is 8.21. The minimum atomic E-state index is -3.02. The number of imidazole rings is 1. The number of hydrogen-bond donors (Lipinski definition) is 1. The summed E-state index contributed by atoms with van der Waals surface area (Å²) in [7, 11) is -3.02. The zero-order valence-electron chi connectivity index (χ0n) is 14.9. The van der Waals surface area contributed by atoms with E-state index in [4.69, 9.17) is 11.6 Å². The van der Waals surface area contributed by atoms with Gasteiger partial charge in [-0.2, -0.15) is 0 Å². The Morgan fingerprint density at radius 3 is 2.74 bits per heavy atom. The van der Waals surface area contributed by atoms with Crippen LogP contribution in [-0.4, -0.2) is 58.5 Å². The molecule has 27 heavy (non-hydrogen) atoms. The Bertz CT molecular complexity index is 954. The Morgan fingerprint density at radius 1 is 1.26 bits per heavy atom. The van der Waals surface area contributed by atoms with Crippen molar-refractivity contribution in [2.45, 2.75) is 49.3 Å². The van der Waals surface area contributed by atoms with Gasteiger partial charge >= 0.3 is 0 Å². The van der Waals surface area contributed by atoms with E-state index in [0.29, 0.717) is 16.6 Å². The number of carbonyl (C=O) groups excluding carboxylic acids is 1. The predicted octanol–water partition coefficient (Wildman–Crippen LogP) is 3.27. The highest BCUT2D eigenvalue weighted by molar-refractivity contribution is 7.99. The van der Waals surface area contributed by atoms with Gasteiger partial charge in [0.2, 0.25) is 5.91 Å². The first-order chi connectivity index (χ1) is 12.9. The Labute approximate surface area is 168 Å². The SMILES string of the molecule is O=C(CSc1nc2ccc(Cl)cc2[nH]1)N(C1CCCC1)C1CCS(=O)(=O)C1. The number of halogens is 1. The van der Waals surface area contributed by atoms with Crippen molar-refractivity contribution in [1.82, 2.24) is 14.9 Å². The number of aromatic nitrogens is 2. The highest BCUT2D eigenvalue weighted by Gasteiger charge is 2.38. The summed E-state index contributed by atoms with van der Waals surface area (Å²) in [5.41, 5.74) is 1.65. The van der Waals surface area contributed by atoms with E-state index in [1.165, 1.54) is 11.8 Å². The van der Waals surface area contributed by atoms with Crippen LogP contribution in [0.4, 0.5) is 0 Å². The van der Waals surface area contributed by atoms with Gasteiger partial charge in [-0.15, -0.1) is 0 Å². The van der Waals surface area contributed by atoms with Gasteiger partial charge in [0.15, 0.2) is 15.0 Å². The lowest BCUT2D eigenvalue weighted by Crippen LogP contribution is -2.47. The topological polar surface area (TPSA) is 83.1 Å². The summed E-state index contributed by atoms with van der Waals surface area (Å²) in [5, 5.41) is 1.31. The fourth-order valence-corrected chi connectivity index (χ4v) is 6.75. The molecule has 1 unspecified atom stereocenters. The monoisotopic (exact) mass is 427 g/mol. The molecule has 1 amide bonds. The van der Waals surface area contributed by atoms with Crippen LogP contribution in [0.2, 0.25) is 5.02 Å². The molecule has 0 bridgehead atoms. The minimum Gasteiger partial charge on any atom is -0.335 e. The summed E-state index contributed by atoms with van der Waals surface area (Å²) in [6, 6.07) is 5.43. The molecular formula is C18H22ClN3O3S2. The maximum absolute atomic E-state index is 13.0. The van der Waals surface area contributed by atoms with Crippen molar-refractivity contribution in [3.8, 4) is 0 Å². The smallest absolute Gasteiger partial charge is 0.233 e. The van der Waals surface area contributed by atoms with Crippen molar-refractivity contribution in [3.63, 3.8) is 0 Å². The average Bonchev–Trinajstić information content (AvgIpc) is 3.33. The molecule has 1 saturated carbocycles. The number of thioether (sulfide) groups is 1. The van der Waals surface area contributed by atoms with Crippen molar-refractivity contribution in [3.05, 3.63) is 23.2 Å². The van der Waals surface area contributed by atoms with Crippen LogP contribution in [0, 0.1) is 0 Å².